The fourth-order valence-corrected chi connectivity index (χ4v) is 3.84. The maximum absolute atomic E-state index is 12.5. The molecule has 2 heterocycles. The number of rotatable bonds is 6. The molecule has 0 aliphatic heterocycles. The van der Waals surface area contributed by atoms with Gasteiger partial charge in [0.05, 0.1) is 22.8 Å². The van der Waals surface area contributed by atoms with E-state index in [4.69, 9.17) is 32.4 Å². The van der Waals surface area contributed by atoms with Gasteiger partial charge in [0, 0.05) is 17.3 Å². The summed E-state index contributed by atoms with van der Waals surface area (Å²) in [7, 11) is 1.61. The zero-order chi connectivity index (χ0) is 24.4. The van der Waals surface area contributed by atoms with Crippen LogP contribution in [0.5, 0.6) is 5.75 Å². The molecule has 0 saturated heterocycles. The lowest BCUT2D eigenvalue weighted by Gasteiger charge is -2.02. The number of nitrogens with one attached hydrogen (secondary N) is 1. The fraction of sp³-hybridized carbons (Fsp3) is 0.0385. The summed E-state index contributed by atoms with van der Waals surface area (Å²) >= 11 is 12.3. The molecule has 0 saturated carbocycles. The van der Waals surface area contributed by atoms with Crippen LogP contribution < -0.4 is 10.1 Å². The van der Waals surface area contributed by atoms with Gasteiger partial charge in [-0.15, -0.1) is 10.2 Å². The normalized spacial score (nSPS) is 11.3. The van der Waals surface area contributed by atoms with Gasteiger partial charge in [0.1, 0.15) is 28.3 Å². The van der Waals surface area contributed by atoms with Gasteiger partial charge in [-0.1, -0.05) is 29.3 Å². The van der Waals surface area contributed by atoms with Crippen molar-refractivity contribution in [3.8, 4) is 22.8 Å². The second-order valence-corrected chi connectivity index (χ2v) is 8.30. The average Bonchev–Trinajstić information content (AvgIpc) is 3.51. The number of carbonyl (C=O) groups is 1. The lowest BCUT2D eigenvalue weighted by molar-refractivity contribution is -0.111. The molecule has 174 valence electrons. The van der Waals surface area contributed by atoms with Crippen molar-refractivity contribution in [3.63, 3.8) is 0 Å². The highest BCUT2D eigenvalue weighted by molar-refractivity contribution is 6.43. The molecule has 5 rings (SSSR count). The van der Waals surface area contributed by atoms with Gasteiger partial charge in [0.15, 0.2) is 0 Å². The van der Waals surface area contributed by atoms with Crippen molar-refractivity contribution in [1.82, 2.24) is 15.0 Å². The SMILES string of the molecule is COc1ccc(-n2nc3ccc(NC(=O)/C=C/c4ccc(-c5cccc(Cl)c5Cl)o4)cc3n2)cc1. The number of furan rings is 1. The van der Waals surface area contributed by atoms with E-state index in [0.717, 1.165) is 11.4 Å². The highest BCUT2D eigenvalue weighted by Gasteiger charge is 2.11. The van der Waals surface area contributed by atoms with Crippen LogP contribution in [0.1, 0.15) is 5.76 Å². The number of benzene rings is 3. The lowest BCUT2D eigenvalue weighted by atomic mass is 10.2. The standard InChI is InChI=1S/C26H18Cl2N4O3/c1-34-18-8-6-17(7-9-18)32-30-22-12-5-16(15-23(22)31-32)29-25(33)14-11-19-10-13-24(35-19)20-3-2-4-21(27)26(20)28/h2-15H,1H3,(H,29,33)/b14-11+. The number of ether oxygens (including phenoxy) is 1. The van der Waals surface area contributed by atoms with E-state index in [2.05, 4.69) is 15.5 Å². The number of nitrogens with zero attached hydrogens (tertiary/aromatic N) is 3. The Kier molecular flexibility index (Phi) is 6.27. The largest absolute Gasteiger partial charge is 0.497 e. The summed E-state index contributed by atoms with van der Waals surface area (Å²) in [6, 6.07) is 21.6. The van der Waals surface area contributed by atoms with Gasteiger partial charge < -0.3 is 14.5 Å². The van der Waals surface area contributed by atoms with E-state index in [1.54, 1.807) is 55.7 Å². The van der Waals surface area contributed by atoms with Crippen LogP contribution in [-0.2, 0) is 4.79 Å². The van der Waals surface area contributed by atoms with Crippen LogP contribution in [-0.4, -0.2) is 28.0 Å². The molecule has 0 fully saturated rings. The molecule has 0 aliphatic carbocycles. The van der Waals surface area contributed by atoms with Gasteiger partial charge in [-0.05, 0) is 72.8 Å². The van der Waals surface area contributed by atoms with Gasteiger partial charge in [-0.2, -0.15) is 4.80 Å². The lowest BCUT2D eigenvalue weighted by Crippen LogP contribution is -2.07. The number of halogens is 2. The van der Waals surface area contributed by atoms with Crippen LogP contribution in [0.2, 0.25) is 10.0 Å². The summed E-state index contributed by atoms with van der Waals surface area (Å²) in [4.78, 5) is 14.0. The Morgan fingerprint density at radius 3 is 2.60 bits per heavy atom. The summed E-state index contributed by atoms with van der Waals surface area (Å²) in [5.74, 6) is 1.50. The molecule has 1 amide bonds. The summed E-state index contributed by atoms with van der Waals surface area (Å²) in [5.41, 5.74) is 3.43. The first-order valence-corrected chi connectivity index (χ1v) is 11.3. The number of methoxy groups -OCH3 is 1. The van der Waals surface area contributed by atoms with Crippen molar-refractivity contribution in [1.29, 1.82) is 0 Å². The summed E-state index contributed by atoms with van der Waals surface area (Å²) in [6.45, 7) is 0. The third-order valence-electron chi connectivity index (χ3n) is 5.19. The van der Waals surface area contributed by atoms with Crippen LogP contribution in [0.15, 0.2) is 83.3 Å². The Balaban J connectivity index is 1.28. The first kappa shape index (κ1) is 22.7. The first-order valence-electron chi connectivity index (χ1n) is 10.5. The van der Waals surface area contributed by atoms with Crippen molar-refractivity contribution in [2.45, 2.75) is 0 Å². The minimum atomic E-state index is -0.314. The van der Waals surface area contributed by atoms with E-state index in [0.29, 0.717) is 43.9 Å². The zero-order valence-corrected chi connectivity index (χ0v) is 19.9. The Morgan fingerprint density at radius 1 is 1.00 bits per heavy atom. The van der Waals surface area contributed by atoms with E-state index in [9.17, 15) is 4.79 Å². The third-order valence-corrected chi connectivity index (χ3v) is 6.01. The molecule has 35 heavy (non-hydrogen) atoms. The summed E-state index contributed by atoms with van der Waals surface area (Å²) in [5, 5.41) is 12.7. The number of hydrogen-bond donors (Lipinski definition) is 1. The maximum Gasteiger partial charge on any atom is 0.248 e. The number of amides is 1. The molecule has 0 aliphatic rings. The molecular formula is C26H18Cl2N4O3. The Morgan fingerprint density at radius 2 is 1.80 bits per heavy atom. The van der Waals surface area contributed by atoms with Crippen LogP contribution in [0, 0.1) is 0 Å². The van der Waals surface area contributed by atoms with E-state index >= 15 is 0 Å². The monoisotopic (exact) mass is 504 g/mol. The number of aromatic nitrogens is 3. The van der Waals surface area contributed by atoms with Crippen LogP contribution in [0.3, 0.4) is 0 Å². The third kappa shape index (κ3) is 4.91. The predicted octanol–water partition coefficient (Wildman–Crippen LogP) is 6.65. The predicted molar refractivity (Wildman–Crippen MR) is 137 cm³/mol. The van der Waals surface area contributed by atoms with E-state index in [-0.39, 0.29) is 5.91 Å². The van der Waals surface area contributed by atoms with Crippen LogP contribution in [0.4, 0.5) is 5.69 Å². The van der Waals surface area contributed by atoms with Gasteiger partial charge in [0.25, 0.3) is 0 Å². The molecule has 9 heteroatoms. The number of fused-ring (bicyclic) bond motifs is 1. The summed E-state index contributed by atoms with van der Waals surface area (Å²) < 4.78 is 11.0. The van der Waals surface area contributed by atoms with Crippen molar-refractivity contribution in [2.75, 3.05) is 12.4 Å². The maximum atomic E-state index is 12.5. The topological polar surface area (TPSA) is 82.2 Å². The van der Waals surface area contributed by atoms with E-state index in [1.165, 1.54) is 10.9 Å². The zero-order valence-electron chi connectivity index (χ0n) is 18.4. The number of anilines is 1. The number of carbonyl (C=O) groups excluding carboxylic acids is 1. The molecule has 3 aromatic carbocycles. The summed E-state index contributed by atoms with van der Waals surface area (Å²) in [6.07, 6.45) is 2.97. The average molecular weight is 505 g/mol. The highest BCUT2D eigenvalue weighted by atomic mass is 35.5. The number of hydrogen-bond acceptors (Lipinski definition) is 5. The molecular weight excluding hydrogens is 487 g/mol. The van der Waals surface area contributed by atoms with Crippen LogP contribution in [0.25, 0.3) is 34.1 Å². The van der Waals surface area contributed by atoms with Gasteiger partial charge in [0.2, 0.25) is 5.91 Å². The molecule has 2 aromatic heterocycles. The van der Waals surface area contributed by atoms with Crippen molar-refractivity contribution >= 4 is 51.9 Å². The quantitative estimate of drug-likeness (QED) is 0.262. The molecule has 0 atom stereocenters. The highest BCUT2D eigenvalue weighted by Crippen LogP contribution is 2.34. The second kappa shape index (κ2) is 9.66. The van der Waals surface area contributed by atoms with E-state index in [1.807, 2.05) is 30.3 Å². The molecule has 1 N–H and O–H groups in total. The Bertz CT molecular complexity index is 1550. The van der Waals surface area contributed by atoms with Crippen molar-refractivity contribution < 1.29 is 13.9 Å². The molecule has 0 bridgehead atoms. The minimum Gasteiger partial charge on any atom is -0.497 e. The van der Waals surface area contributed by atoms with Crippen molar-refractivity contribution in [2.24, 2.45) is 0 Å². The molecule has 0 spiro atoms. The van der Waals surface area contributed by atoms with Gasteiger partial charge in [-0.25, -0.2) is 0 Å². The molecule has 5 aromatic rings. The first-order chi connectivity index (χ1) is 17.0. The molecule has 0 radical (unpaired) electrons. The Hall–Kier alpha value is -4.07. The molecule has 0 unspecified atom stereocenters. The van der Waals surface area contributed by atoms with Gasteiger partial charge in [-0.3, -0.25) is 4.79 Å². The fourth-order valence-electron chi connectivity index (χ4n) is 3.45. The van der Waals surface area contributed by atoms with Gasteiger partial charge >= 0.3 is 0 Å². The van der Waals surface area contributed by atoms with E-state index < -0.39 is 0 Å². The van der Waals surface area contributed by atoms with Crippen molar-refractivity contribution in [3.05, 3.63) is 94.7 Å². The Labute approximate surface area is 210 Å². The minimum absolute atomic E-state index is 0.314. The molecule has 7 nitrogen and oxygen atoms in total. The smallest absolute Gasteiger partial charge is 0.248 e. The van der Waals surface area contributed by atoms with Crippen LogP contribution >= 0.6 is 23.2 Å². The second-order valence-electron chi connectivity index (χ2n) is 7.52.